The molecule has 0 bridgehead atoms. The molecule has 0 heterocycles. The van der Waals surface area contributed by atoms with Gasteiger partial charge in [-0.1, -0.05) is 38.0 Å². The van der Waals surface area contributed by atoms with Crippen LogP contribution in [0.4, 0.5) is 0 Å². The maximum absolute atomic E-state index is 13.5. The number of ether oxygens (including phenoxy) is 2. The van der Waals surface area contributed by atoms with E-state index in [0.717, 1.165) is 53.7 Å². The third-order valence-electron chi connectivity index (χ3n) is 6.71. The zero-order valence-electron chi connectivity index (χ0n) is 21.1. The third-order valence-corrected chi connectivity index (χ3v) is 6.71. The predicted molar refractivity (Wildman–Crippen MR) is 134 cm³/mol. The van der Waals surface area contributed by atoms with E-state index in [1.165, 1.54) is 0 Å². The van der Waals surface area contributed by atoms with Crippen LogP contribution in [0.25, 0.3) is 0 Å². The van der Waals surface area contributed by atoms with Crippen LogP contribution >= 0.6 is 0 Å². The summed E-state index contributed by atoms with van der Waals surface area (Å²) in [6.07, 6.45) is 4.81. The molecule has 0 radical (unpaired) electrons. The molecule has 1 aliphatic carbocycles. The van der Waals surface area contributed by atoms with Gasteiger partial charge in [-0.3, -0.25) is 9.59 Å². The summed E-state index contributed by atoms with van der Waals surface area (Å²) in [4.78, 5) is 28.3. The Bertz CT molecular complexity index is 981. The fraction of sp³-hybridized carbons (Fsp3) is 0.500. The highest BCUT2D eigenvalue weighted by Crippen LogP contribution is 2.24. The summed E-state index contributed by atoms with van der Waals surface area (Å²) < 4.78 is 11.2. The Hall–Kier alpha value is -3.02. The number of hydrogen-bond donors (Lipinski definition) is 1. The molecule has 2 aromatic rings. The van der Waals surface area contributed by atoms with E-state index < -0.39 is 6.04 Å². The molecule has 184 valence electrons. The zero-order chi connectivity index (χ0) is 24.7. The second-order valence-corrected chi connectivity index (χ2v) is 9.28. The van der Waals surface area contributed by atoms with Gasteiger partial charge in [-0.25, -0.2) is 0 Å². The molecule has 3 rings (SSSR count). The zero-order valence-corrected chi connectivity index (χ0v) is 21.1. The van der Waals surface area contributed by atoms with Crippen LogP contribution in [0.5, 0.6) is 11.5 Å². The first kappa shape index (κ1) is 25.6. The average molecular weight is 467 g/mol. The fourth-order valence-electron chi connectivity index (χ4n) is 4.59. The first-order chi connectivity index (χ1) is 16.3. The highest BCUT2D eigenvalue weighted by atomic mass is 16.5. The van der Waals surface area contributed by atoms with Crippen molar-refractivity contribution in [3.05, 3.63) is 58.7 Å². The molecule has 6 heteroatoms. The van der Waals surface area contributed by atoms with Crippen LogP contribution < -0.4 is 14.8 Å². The summed E-state index contributed by atoms with van der Waals surface area (Å²) in [6, 6.07) is 11.3. The Morgan fingerprint density at radius 1 is 1.09 bits per heavy atom. The topological polar surface area (TPSA) is 67.9 Å². The number of methoxy groups -OCH3 is 1. The van der Waals surface area contributed by atoms with Crippen LogP contribution in [0.2, 0.25) is 0 Å². The Morgan fingerprint density at radius 2 is 1.76 bits per heavy atom. The molecule has 2 amide bonds. The quantitative estimate of drug-likeness (QED) is 0.543. The Labute approximate surface area is 203 Å². The van der Waals surface area contributed by atoms with Gasteiger partial charge in [0.05, 0.1) is 7.11 Å². The number of rotatable bonds is 10. The fourth-order valence-corrected chi connectivity index (χ4v) is 4.59. The van der Waals surface area contributed by atoms with E-state index >= 15 is 0 Å². The molecule has 0 unspecified atom stereocenters. The van der Waals surface area contributed by atoms with E-state index in [-0.39, 0.29) is 24.5 Å². The van der Waals surface area contributed by atoms with Crippen LogP contribution in [-0.4, -0.2) is 42.5 Å². The maximum atomic E-state index is 13.5. The van der Waals surface area contributed by atoms with Gasteiger partial charge in [0.25, 0.3) is 5.91 Å². The van der Waals surface area contributed by atoms with Gasteiger partial charge in [0.1, 0.15) is 17.5 Å². The Morgan fingerprint density at radius 3 is 2.38 bits per heavy atom. The number of hydrogen-bond acceptors (Lipinski definition) is 4. The van der Waals surface area contributed by atoms with Gasteiger partial charge in [-0.15, -0.1) is 0 Å². The largest absolute Gasteiger partial charge is 0.497 e. The summed E-state index contributed by atoms with van der Waals surface area (Å²) in [5.41, 5.74) is 4.16. The highest BCUT2D eigenvalue weighted by molar-refractivity contribution is 5.88. The minimum Gasteiger partial charge on any atom is -0.497 e. The summed E-state index contributed by atoms with van der Waals surface area (Å²) >= 11 is 0. The lowest BCUT2D eigenvalue weighted by molar-refractivity contribution is -0.143. The van der Waals surface area contributed by atoms with Crippen molar-refractivity contribution in [2.45, 2.75) is 78.4 Å². The van der Waals surface area contributed by atoms with Crippen molar-refractivity contribution >= 4 is 11.8 Å². The van der Waals surface area contributed by atoms with Crippen LogP contribution in [0.3, 0.4) is 0 Å². The molecule has 0 saturated heterocycles. The van der Waals surface area contributed by atoms with Crippen molar-refractivity contribution in [2.75, 3.05) is 13.7 Å². The van der Waals surface area contributed by atoms with E-state index in [2.05, 4.69) is 11.4 Å². The second-order valence-electron chi connectivity index (χ2n) is 9.28. The van der Waals surface area contributed by atoms with E-state index in [0.29, 0.717) is 18.7 Å². The van der Waals surface area contributed by atoms with E-state index in [4.69, 9.17) is 9.47 Å². The van der Waals surface area contributed by atoms with E-state index in [9.17, 15) is 9.59 Å². The number of carbonyl (C=O) groups excluding carboxylic acids is 2. The molecule has 1 fully saturated rings. The Balaban J connectivity index is 1.79. The molecule has 0 spiro atoms. The van der Waals surface area contributed by atoms with Gasteiger partial charge < -0.3 is 19.7 Å². The molecule has 0 aromatic heterocycles. The molecular weight excluding hydrogens is 428 g/mol. The number of amides is 2. The van der Waals surface area contributed by atoms with Gasteiger partial charge in [0.2, 0.25) is 5.91 Å². The number of benzene rings is 2. The Kier molecular flexibility index (Phi) is 8.97. The van der Waals surface area contributed by atoms with Gasteiger partial charge in [-0.2, -0.15) is 0 Å². The molecule has 1 aliphatic rings. The highest BCUT2D eigenvalue weighted by Gasteiger charge is 2.31. The van der Waals surface area contributed by atoms with Crippen molar-refractivity contribution in [3.63, 3.8) is 0 Å². The van der Waals surface area contributed by atoms with Gasteiger partial charge in [0, 0.05) is 12.6 Å². The summed E-state index contributed by atoms with van der Waals surface area (Å²) in [5.74, 6) is 1.17. The summed E-state index contributed by atoms with van der Waals surface area (Å²) in [6.45, 7) is 8.20. The molecule has 6 nitrogen and oxygen atoms in total. The number of nitrogens with one attached hydrogen (secondary N) is 1. The average Bonchev–Trinajstić information content (AvgIpc) is 3.33. The molecule has 2 aromatic carbocycles. The third kappa shape index (κ3) is 6.52. The number of aryl methyl sites for hydroxylation is 2. The summed E-state index contributed by atoms with van der Waals surface area (Å²) in [7, 11) is 1.62. The van der Waals surface area contributed by atoms with Gasteiger partial charge in [0.15, 0.2) is 6.61 Å². The molecule has 0 aliphatic heterocycles. The molecule has 34 heavy (non-hydrogen) atoms. The summed E-state index contributed by atoms with van der Waals surface area (Å²) in [5, 5.41) is 3.17. The normalized spacial score (nSPS) is 14.5. The van der Waals surface area contributed by atoms with Crippen LogP contribution in [0, 0.1) is 20.8 Å². The molecular formula is C28H38N2O4. The standard InChI is InChI=1S/C28H38N2O4/c1-6-25(28(32)29-23-9-7-8-10-23)30(17-22-11-13-24(33-5)14-12-22)27(31)18-34-26-16-19(2)15-20(3)21(26)4/h11-16,23,25H,6-10,17-18H2,1-5H3,(H,29,32)/t25-/m0/s1. The lowest BCUT2D eigenvalue weighted by Crippen LogP contribution is -2.52. The van der Waals surface area contributed by atoms with Gasteiger partial charge >= 0.3 is 0 Å². The van der Waals surface area contributed by atoms with Crippen LogP contribution in [0.15, 0.2) is 36.4 Å². The van der Waals surface area contributed by atoms with Crippen molar-refractivity contribution < 1.29 is 19.1 Å². The lowest BCUT2D eigenvalue weighted by atomic mass is 10.1. The van der Waals surface area contributed by atoms with Crippen molar-refractivity contribution in [1.29, 1.82) is 0 Å². The predicted octanol–water partition coefficient (Wildman–Crippen LogP) is 4.87. The molecule has 1 N–H and O–H groups in total. The second kappa shape index (κ2) is 11.9. The SMILES string of the molecule is CC[C@@H](C(=O)NC1CCCC1)N(Cc1ccc(OC)cc1)C(=O)COc1cc(C)cc(C)c1C. The van der Waals surface area contributed by atoms with Crippen LogP contribution in [-0.2, 0) is 16.1 Å². The van der Waals surface area contributed by atoms with Crippen molar-refractivity contribution in [1.82, 2.24) is 10.2 Å². The maximum Gasteiger partial charge on any atom is 0.261 e. The monoisotopic (exact) mass is 466 g/mol. The number of nitrogens with zero attached hydrogens (tertiary/aromatic N) is 1. The minimum absolute atomic E-state index is 0.0844. The van der Waals surface area contributed by atoms with Gasteiger partial charge in [-0.05, 0) is 80.5 Å². The smallest absolute Gasteiger partial charge is 0.261 e. The van der Waals surface area contributed by atoms with E-state index in [1.807, 2.05) is 58.0 Å². The van der Waals surface area contributed by atoms with E-state index in [1.54, 1.807) is 12.0 Å². The van der Waals surface area contributed by atoms with Crippen molar-refractivity contribution in [2.24, 2.45) is 0 Å². The first-order valence-corrected chi connectivity index (χ1v) is 12.3. The lowest BCUT2D eigenvalue weighted by Gasteiger charge is -2.31. The van der Waals surface area contributed by atoms with Crippen molar-refractivity contribution in [3.8, 4) is 11.5 Å². The number of carbonyl (C=O) groups is 2. The van der Waals surface area contributed by atoms with Crippen LogP contribution in [0.1, 0.15) is 61.3 Å². The minimum atomic E-state index is -0.556. The molecule has 1 saturated carbocycles. The molecule has 1 atom stereocenters. The first-order valence-electron chi connectivity index (χ1n) is 12.3.